The van der Waals surface area contributed by atoms with E-state index in [0.29, 0.717) is 30.0 Å². The molecule has 0 atom stereocenters. The molecular weight excluding hydrogens is 408 g/mol. The number of ether oxygens (including phenoxy) is 1. The Labute approximate surface area is 191 Å². The van der Waals surface area contributed by atoms with Gasteiger partial charge in [0.2, 0.25) is 11.8 Å². The van der Waals surface area contributed by atoms with Gasteiger partial charge >= 0.3 is 0 Å². The number of fused-ring (bicyclic) bond motifs is 1. The first kappa shape index (κ1) is 24.9. The number of carbonyl (C=O) groups is 1. The molecule has 168 valence electrons. The van der Waals surface area contributed by atoms with Gasteiger partial charge in [0.05, 0.1) is 17.1 Å². The van der Waals surface area contributed by atoms with E-state index in [1.54, 1.807) is 12.1 Å². The zero-order chi connectivity index (χ0) is 22.5. The second-order valence-electron chi connectivity index (χ2n) is 8.29. The summed E-state index contributed by atoms with van der Waals surface area (Å²) < 4.78 is 5.78. The van der Waals surface area contributed by atoms with Crippen LogP contribution in [0.2, 0.25) is 5.02 Å². The molecule has 0 aliphatic carbocycles. The van der Waals surface area contributed by atoms with E-state index in [4.69, 9.17) is 16.3 Å². The van der Waals surface area contributed by atoms with Crippen molar-refractivity contribution in [1.29, 1.82) is 0 Å². The van der Waals surface area contributed by atoms with E-state index in [2.05, 4.69) is 30.2 Å². The molecule has 5 heteroatoms. The Kier molecular flexibility index (Phi) is 11.2. The highest BCUT2D eigenvalue weighted by Crippen LogP contribution is 2.26. The van der Waals surface area contributed by atoms with Crippen LogP contribution in [-0.2, 0) is 4.79 Å². The van der Waals surface area contributed by atoms with Gasteiger partial charge in [-0.25, -0.2) is 4.98 Å². The molecule has 1 aromatic carbocycles. The van der Waals surface area contributed by atoms with Crippen LogP contribution < -0.4 is 10.1 Å². The van der Waals surface area contributed by atoms with E-state index in [1.165, 1.54) is 12.8 Å². The van der Waals surface area contributed by atoms with Gasteiger partial charge in [-0.05, 0) is 43.7 Å². The zero-order valence-electron chi connectivity index (χ0n) is 19.0. The summed E-state index contributed by atoms with van der Waals surface area (Å²) in [6.45, 7) is 7.50. The maximum atomic E-state index is 11.7. The first-order valence-corrected chi connectivity index (χ1v) is 11.6. The summed E-state index contributed by atoms with van der Waals surface area (Å²) >= 11 is 6.31. The smallest absolute Gasteiger partial charge is 0.244 e. The number of hydrogen-bond donors (Lipinski definition) is 1. The van der Waals surface area contributed by atoms with Crippen molar-refractivity contribution in [3.8, 4) is 5.88 Å². The van der Waals surface area contributed by atoms with Crippen molar-refractivity contribution in [2.24, 2.45) is 5.92 Å². The van der Waals surface area contributed by atoms with Crippen LogP contribution in [0.15, 0.2) is 54.1 Å². The fraction of sp³-hybridized carbons (Fsp3) is 0.462. The Hall–Kier alpha value is -2.33. The Bertz CT molecular complexity index is 890. The lowest BCUT2D eigenvalue weighted by atomic mass is 10.1. The van der Waals surface area contributed by atoms with Crippen LogP contribution in [0.25, 0.3) is 10.9 Å². The quantitative estimate of drug-likeness (QED) is 0.209. The molecule has 1 amide bonds. The topological polar surface area (TPSA) is 51.2 Å². The molecule has 31 heavy (non-hydrogen) atoms. The second kappa shape index (κ2) is 13.9. The monoisotopic (exact) mass is 442 g/mol. The van der Waals surface area contributed by atoms with E-state index in [-0.39, 0.29) is 5.91 Å². The minimum Gasteiger partial charge on any atom is -0.478 e. The number of halogens is 1. The third-order valence-electron chi connectivity index (χ3n) is 4.83. The molecule has 0 aliphatic heterocycles. The number of amides is 1. The number of hydrogen-bond acceptors (Lipinski definition) is 3. The molecule has 0 fully saturated rings. The van der Waals surface area contributed by atoms with E-state index in [9.17, 15) is 4.79 Å². The van der Waals surface area contributed by atoms with E-state index in [0.717, 1.165) is 42.2 Å². The van der Waals surface area contributed by atoms with Crippen LogP contribution in [0.1, 0.15) is 59.3 Å². The van der Waals surface area contributed by atoms with Crippen LogP contribution in [-0.4, -0.2) is 24.0 Å². The predicted molar refractivity (Wildman–Crippen MR) is 131 cm³/mol. The highest BCUT2D eigenvalue weighted by atomic mass is 35.5. The van der Waals surface area contributed by atoms with Gasteiger partial charge in [0.25, 0.3) is 0 Å². The molecule has 0 spiro atoms. The standard InChI is InChI=1S/C26H35ClN2O2/c1-20(2)19-28-25(30)17-21(3)13-9-7-5-4-6-8-12-16-31-26-18-23(27)22-14-10-11-15-24(22)29-26/h9-11,13-15,17-18,20H,4-8,12,16,19H2,1-3H3,(H,28,30)/b13-9+,21-17+. The molecule has 0 aliphatic rings. The van der Waals surface area contributed by atoms with Crippen LogP contribution >= 0.6 is 11.6 Å². The van der Waals surface area contributed by atoms with Crippen molar-refractivity contribution >= 4 is 28.4 Å². The largest absolute Gasteiger partial charge is 0.478 e. The number of rotatable bonds is 13. The number of pyridine rings is 1. The average molecular weight is 443 g/mol. The Balaban J connectivity index is 1.54. The molecule has 4 nitrogen and oxygen atoms in total. The van der Waals surface area contributed by atoms with Crippen molar-refractivity contribution in [3.63, 3.8) is 0 Å². The summed E-state index contributed by atoms with van der Waals surface area (Å²) in [7, 11) is 0. The molecule has 1 heterocycles. The Morgan fingerprint density at radius 2 is 1.90 bits per heavy atom. The maximum Gasteiger partial charge on any atom is 0.244 e. The lowest BCUT2D eigenvalue weighted by molar-refractivity contribution is -0.116. The number of para-hydroxylation sites is 1. The molecule has 1 aromatic heterocycles. The van der Waals surface area contributed by atoms with Crippen molar-refractivity contribution in [3.05, 3.63) is 59.2 Å². The minimum atomic E-state index is -0.0146. The van der Waals surface area contributed by atoms with Gasteiger partial charge in [0.15, 0.2) is 0 Å². The van der Waals surface area contributed by atoms with Gasteiger partial charge in [-0.3, -0.25) is 4.79 Å². The lowest BCUT2D eigenvalue weighted by Gasteiger charge is -2.07. The number of benzene rings is 1. The van der Waals surface area contributed by atoms with Crippen LogP contribution in [0.3, 0.4) is 0 Å². The van der Waals surface area contributed by atoms with E-state index >= 15 is 0 Å². The van der Waals surface area contributed by atoms with E-state index < -0.39 is 0 Å². The molecular formula is C26H35ClN2O2. The highest BCUT2D eigenvalue weighted by Gasteiger charge is 2.04. The molecule has 2 rings (SSSR count). The van der Waals surface area contributed by atoms with Crippen molar-refractivity contribution in [2.45, 2.75) is 59.3 Å². The van der Waals surface area contributed by atoms with Crippen molar-refractivity contribution in [1.82, 2.24) is 10.3 Å². The first-order valence-electron chi connectivity index (χ1n) is 11.3. The minimum absolute atomic E-state index is 0.0146. The number of aromatic nitrogens is 1. The highest BCUT2D eigenvalue weighted by molar-refractivity contribution is 6.35. The maximum absolute atomic E-state index is 11.7. The normalized spacial score (nSPS) is 12.1. The summed E-state index contributed by atoms with van der Waals surface area (Å²) in [5.41, 5.74) is 1.85. The molecule has 0 saturated carbocycles. The third kappa shape index (κ3) is 10.0. The lowest BCUT2D eigenvalue weighted by Crippen LogP contribution is -2.25. The summed E-state index contributed by atoms with van der Waals surface area (Å²) in [5, 5.41) is 4.52. The fourth-order valence-electron chi connectivity index (χ4n) is 3.14. The molecule has 1 N–H and O–H groups in total. The summed E-state index contributed by atoms with van der Waals surface area (Å²) in [6.07, 6.45) is 12.6. The van der Waals surface area contributed by atoms with Gasteiger partial charge in [-0.1, -0.05) is 75.1 Å². The third-order valence-corrected chi connectivity index (χ3v) is 5.14. The van der Waals surface area contributed by atoms with Gasteiger partial charge in [-0.15, -0.1) is 0 Å². The van der Waals surface area contributed by atoms with Gasteiger partial charge in [0, 0.05) is 24.1 Å². The van der Waals surface area contributed by atoms with Crippen LogP contribution in [0.4, 0.5) is 0 Å². The Morgan fingerprint density at radius 1 is 1.16 bits per heavy atom. The van der Waals surface area contributed by atoms with Crippen LogP contribution in [0, 0.1) is 5.92 Å². The Morgan fingerprint density at radius 3 is 2.71 bits per heavy atom. The number of carbonyl (C=O) groups excluding carboxylic acids is 1. The number of nitrogens with zero attached hydrogens (tertiary/aromatic N) is 1. The SMILES string of the molecule is CC(/C=C/CCCCCCCOc1cc(Cl)c2ccccc2n1)=C\C(=O)NCC(C)C. The van der Waals surface area contributed by atoms with Crippen molar-refractivity contribution < 1.29 is 9.53 Å². The van der Waals surface area contributed by atoms with Gasteiger partial charge in [-0.2, -0.15) is 0 Å². The first-order chi connectivity index (χ1) is 15.0. The number of unbranched alkanes of at least 4 members (excludes halogenated alkanes) is 5. The summed E-state index contributed by atoms with van der Waals surface area (Å²) in [4.78, 5) is 16.3. The number of nitrogens with one attached hydrogen (secondary N) is 1. The van der Waals surface area contributed by atoms with Gasteiger partial charge in [0.1, 0.15) is 0 Å². The molecule has 0 unspecified atom stereocenters. The number of allylic oxidation sites excluding steroid dienone is 3. The van der Waals surface area contributed by atoms with Crippen molar-refractivity contribution in [2.75, 3.05) is 13.2 Å². The van der Waals surface area contributed by atoms with Crippen LogP contribution in [0.5, 0.6) is 5.88 Å². The predicted octanol–water partition coefficient (Wildman–Crippen LogP) is 6.88. The fourth-order valence-corrected chi connectivity index (χ4v) is 3.39. The van der Waals surface area contributed by atoms with Gasteiger partial charge < -0.3 is 10.1 Å². The summed E-state index contributed by atoms with van der Waals surface area (Å²) in [6, 6.07) is 9.61. The molecule has 2 aromatic rings. The zero-order valence-corrected chi connectivity index (χ0v) is 19.8. The van der Waals surface area contributed by atoms with E-state index in [1.807, 2.05) is 37.3 Å². The molecule has 0 radical (unpaired) electrons. The second-order valence-corrected chi connectivity index (χ2v) is 8.70. The molecule has 0 bridgehead atoms. The summed E-state index contributed by atoms with van der Waals surface area (Å²) in [5.74, 6) is 1.04. The molecule has 0 saturated heterocycles. The average Bonchev–Trinajstić information content (AvgIpc) is 2.73.